The third kappa shape index (κ3) is 3.20. The van der Waals surface area contributed by atoms with Gasteiger partial charge in [-0.15, -0.1) is 0 Å². The van der Waals surface area contributed by atoms with E-state index in [1.165, 1.54) is 17.3 Å². The highest BCUT2D eigenvalue weighted by Gasteiger charge is 2.31. The van der Waals surface area contributed by atoms with Crippen LogP contribution in [0.15, 0.2) is 65.7 Å². The molecule has 4 rings (SSSR count). The van der Waals surface area contributed by atoms with Gasteiger partial charge in [-0.25, -0.2) is 0 Å². The number of benzene rings is 2. The van der Waals surface area contributed by atoms with Gasteiger partial charge in [0, 0.05) is 36.3 Å². The van der Waals surface area contributed by atoms with Gasteiger partial charge in [-0.05, 0) is 24.1 Å². The second kappa shape index (κ2) is 7.09. The summed E-state index contributed by atoms with van der Waals surface area (Å²) < 4.78 is 2.72. The van der Waals surface area contributed by atoms with Crippen LogP contribution in [-0.4, -0.2) is 26.2 Å². The molecule has 1 aliphatic rings. The molecule has 0 radical (unpaired) electrons. The molecule has 130 valence electrons. The molecule has 0 bridgehead atoms. The monoisotopic (exact) mass is 378 g/mol. The van der Waals surface area contributed by atoms with Crippen LogP contribution in [0.2, 0.25) is 0 Å². The Balaban J connectivity index is 1.57. The molecule has 0 N–H and O–H groups in total. The van der Waals surface area contributed by atoms with Gasteiger partial charge in [-0.2, -0.15) is 0 Å². The van der Waals surface area contributed by atoms with E-state index in [0.29, 0.717) is 15.8 Å². The molecule has 1 amide bonds. The van der Waals surface area contributed by atoms with Crippen LogP contribution >= 0.6 is 24.0 Å². The Labute approximate surface area is 162 Å². The Morgan fingerprint density at radius 1 is 1.08 bits per heavy atom. The third-order valence-corrected chi connectivity index (χ3v) is 5.93. The minimum Gasteiger partial charge on any atom is -0.350 e. The van der Waals surface area contributed by atoms with Crippen molar-refractivity contribution in [3.05, 3.63) is 76.8 Å². The van der Waals surface area contributed by atoms with Crippen LogP contribution in [-0.2, 0) is 18.3 Å². The maximum atomic E-state index is 12.8. The van der Waals surface area contributed by atoms with Crippen LogP contribution in [0.1, 0.15) is 11.1 Å². The molecular weight excluding hydrogens is 360 g/mol. The number of carbonyl (C=O) groups is 1. The molecule has 2 aromatic carbocycles. The van der Waals surface area contributed by atoms with E-state index in [4.69, 9.17) is 12.2 Å². The highest BCUT2D eigenvalue weighted by molar-refractivity contribution is 8.26. The number of amides is 1. The topological polar surface area (TPSA) is 25.2 Å². The second-order valence-electron chi connectivity index (χ2n) is 6.28. The molecule has 3 nitrogen and oxygen atoms in total. The van der Waals surface area contributed by atoms with Gasteiger partial charge in [0.15, 0.2) is 0 Å². The first kappa shape index (κ1) is 17.1. The van der Waals surface area contributed by atoms with Crippen molar-refractivity contribution in [3.8, 4) is 0 Å². The standard InChI is InChI=1S/C21H18N2OS2/c1-22-14-16(17-9-5-6-10-18(17)22)13-19-20(24)23(21(25)26-19)12-11-15-7-3-2-4-8-15/h2-10,13-14H,11-12H2,1H3. The van der Waals surface area contributed by atoms with Crippen LogP contribution < -0.4 is 0 Å². The fourth-order valence-electron chi connectivity index (χ4n) is 3.21. The molecule has 1 aliphatic heterocycles. The minimum absolute atomic E-state index is 0.00358. The molecule has 2 heterocycles. The van der Waals surface area contributed by atoms with E-state index in [1.54, 1.807) is 4.90 Å². The lowest BCUT2D eigenvalue weighted by molar-refractivity contribution is -0.122. The molecule has 1 aromatic heterocycles. The Morgan fingerprint density at radius 3 is 2.62 bits per heavy atom. The average molecular weight is 379 g/mol. The molecule has 0 aliphatic carbocycles. The number of hydrogen-bond donors (Lipinski definition) is 0. The lowest BCUT2D eigenvalue weighted by atomic mass is 10.1. The zero-order valence-corrected chi connectivity index (χ0v) is 16.0. The second-order valence-corrected chi connectivity index (χ2v) is 7.96. The first-order valence-corrected chi connectivity index (χ1v) is 9.69. The van der Waals surface area contributed by atoms with Crippen molar-refractivity contribution in [2.75, 3.05) is 6.54 Å². The number of aromatic nitrogens is 1. The molecule has 0 atom stereocenters. The van der Waals surface area contributed by atoms with Gasteiger partial charge in [0.1, 0.15) is 4.32 Å². The van der Waals surface area contributed by atoms with Gasteiger partial charge in [0.2, 0.25) is 0 Å². The van der Waals surface area contributed by atoms with Crippen LogP contribution in [0.4, 0.5) is 0 Å². The summed E-state index contributed by atoms with van der Waals surface area (Å²) in [7, 11) is 2.02. The molecule has 26 heavy (non-hydrogen) atoms. The van der Waals surface area contributed by atoms with Crippen LogP contribution in [0, 0.1) is 0 Å². The molecule has 1 saturated heterocycles. The van der Waals surface area contributed by atoms with Crippen molar-refractivity contribution in [2.45, 2.75) is 6.42 Å². The number of para-hydroxylation sites is 1. The lowest BCUT2D eigenvalue weighted by Crippen LogP contribution is -2.30. The van der Waals surface area contributed by atoms with E-state index in [1.807, 2.05) is 43.5 Å². The fourth-order valence-corrected chi connectivity index (χ4v) is 4.51. The van der Waals surface area contributed by atoms with E-state index < -0.39 is 0 Å². The van der Waals surface area contributed by atoms with Crippen molar-refractivity contribution in [3.63, 3.8) is 0 Å². The number of fused-ring (bicyclic) bond motifs is 1. The number of hydrogen-bond acceptors (Lipinski definition) is 3. The van der Waals surface area contributed by atoms with Crippen LogP contribution in [0.5, 0.6) is 0 Å². The smallest absolute Gasteiger partial charge is 0.266 e. The highest BCUT2D eigenvalue weighted by Crippen LogP contribution is 2.34. The fraction of sp³-hybridized carbons (Fsp3) is 0.143. The van der Waals surface area contributed by atoms with Crippen LogP contribution in [0.25, 0.3) is 17.0 Å². The molecule has 3 aromatic rings. The number of aryl methyl sites for hydroxylation is 1. The maximum Gasteiger partial charge on any atom is 0.266 e. The van der Waals surface area contributed by atoms with E-state index in [2.05, 4.69) is 35.0 Å². The van der Waals surface area contributed by atoms with Crippen molar-refractivity contribution < 1.29 is 4.79 Å². The number of nitrogens with zero attached hydrogens (tertiary/aromatic N) is 2. The zero-order valence-electron chi connectivity index (χ0n) is 14.4. The summed E-state index contributed by atoms with van der Waals surface area (Å²) in [5.41, 5.74) is 3.41. The largest absolute Gasteiger partial charge is 0.350 e. The summed E-state index contributed by atoms with van der Waals surface area (Å²) in [6.07, 6.45) is 4.82. The Hall–Kier alpha value is -2.37. The molecule has 0 unspecified atom stereocenters. The molecule has 1 fully saturated rings. The quantitative estimate of drug-likeness (QED) is 0.489. The molecule has 0 saturated carbocycles. The summed E-state index contributed by atoms with van der Waals surface area (Å²) in [5.74, 6) is 0.00358. The van der Waals surface area contributed by atoms with E-state index in [-0.39, 0.29) is 5.91 Å². The number of thiocarbonyl (C=S) groups is 1. The summed E-state index contributed by atoms with van der Waals surface area (Å²) in [6.45, 7) is 0.613. The summed E-state index contributed by atoms with van der Waals surface area (Å²) >= 11 is 6.84. The lowest BCUT2D eigenvalue weighted by Gasteiger charge is -2.14. The first-order chi connectivity index (χ1) is 12.6. The Bertz CT molecular complexity index is 1020. The zero-order chi connectivity index (χ0) is 18.1. The number of rotatable bonds is 4. The summed E-state index contributed by atoms with van der Waals surface area (Å²) in [5, 5.41) is 1.14. The predicted molar refractivity (Wildman–Crippen MR) is 113 cm³/mol. The van der Waals surface area contributed by atoms with Gasteiger partial charge in [0.05, 0.1) is 4.91 Å². The van der Waals surface area contributed by atoms with E-state index in [9.17, 15) is 4.79 Å². The van der Waals surface area contributed by atoms with Gasteiger partial charge in [-0.3, -0.25) is 9.69 Å². The van der Waals surface area contributed by atoms with Crippen molar-refractivity contribution in [1.82, 2.24) is 9.47 Å². The SMILES string of the molecule is Cn1cc(C=C2SC(=S)N(CCc3ccccc3)C2=O)c2ccccc21. The normalized spacial score (nSPS) is 16.2. The third-order valence-electron chi connectivity index (χ3n) is 4.55. The predicted octanol–water partition coefficient (Wildman–Crippen LogP) is 4.62. The molecule has 5 heteroatoms. The molecule has 0 spiro atoms. The van der Waals surface area contributed by atoms with Crippen molar-refractivity contribution in [2.24, 2.45) is 7.05 Å². The van der Waals surface area contributed by atoms with Gasteiger partial charge >= 0.3 is 0 Å². The van der Waals surface area contributed by atoms with Crippen molar-refractivity contribution >= 4 is 51.2 Å². The maximum absolute atomic E-state index is 12.8. The Morgan fingerprint density at radius 2 is 1.81 bits per heavy atom. The van der Waals surface area contributed by atoms with Gasteiger partial charge in [0.25, 0.3) is 5.91 Å². The molecular formula is C21H18N2OS2. The van der Waals surface area contributed by atoms with Crippen LogP contribution in [0.3, 0.4) is 0 Å². The van der Waals surface area contributed by atoms with Gasteiger partial charge < -0.3 is 4.57 Å². The number of thioether (sulfide) groups is 1. The average Bonchev–Trinajstić information content (AvgIpc) is 3.11. The van der Waals surface area contributed by atoms with E-state index >= 15 is 0 Å². The first-order valence-electron chi connectivity index (χ1n) is 8.47. The van der Waals surface area contributed by atoms with Crippen molar-refractivity contribution in [1.29, 1.82) is 0 Å². The van der Waals surface area contributed by atoms with E-state index in [0.717, 1.165) is 22.9 Å². The Kier molecular flexibility index (Phi) is 4.66. The summed E-state index contributed by atoms with van der Waals surface area (Å²) in [6, 6.07) is 18.4. The number of carbonyl (C=O) groups excluding carboxylic acids is 1. The summed E-state index contributed by atoms with van der Waals surface area (Å²) in [4.78, 5) is 15.2. The highest BCUT2D eigenvalue weighted by atomic mass is 32.2. The van der Waals surface area contributed by atoms with Gasteiger partial charge in [-0.1, -0.05) is 72.5 Å². The minimum atomic E-state index is 0.00358.